The Hall–Kier alpha value is -2.08. The lowest BCUT2D eigenvalue weighted by Gasteiger charge is -2.39. The van der Waals surface area contributed by atoms with E-state index in [1.807, 2.05) is 44.1 Å². The predicted octanol–water partition coefficient (Wildman–Crippen LogP) is 0.868. The molecule has 0 fully saturated rings. The monoisotopic (exact) mass is 305 g/mol. The number of benzene rings is 1. The third-order valence-corrected chi connectivity index (χ3v) is 3.72. The number of para-hydroxylation sites is 2. The van der Waals surface area contributed by atoms with Gasteiger partial charge in [0.15, 0.2) is 0 Å². The van der Waals surface area contributed by atoms with Crippen LogP contribution < -0.4 is 15.0 Å². The Balaban J connectivity index is 2.23. The van der Waals surface area contributed by atoms with E-state index in [9.17, 15) is 9.59 Å². The first-order chi connectivity index (χ1) is 10.4. The summed E-state index contributed by atoms with van der Waals surface area (Å²) in [4.78, 5) is 28.7. The van der Waals surface area contributed by atoms with E-state index < -0.39 is 11.5 Å². The molecule has 1 N–H and O–H groups in total. The van der Waals surface area contributed by atoms with Gasteiger partial charge in [0.1, 0.15) is 5.75 Å². The van der Waals surface area contributed by atoms with Crippen LogP contribution in [-0.2, 0) is 9.59 Å². The average Bonchev–Trinajstić information content (AvgIpc) is 2.48. The van der Waals surface area contributed by atoms with Crippen molar-refractivity contribution in [3.63, 3.8) is 0 Å². The second kappa shape index (κ2) is 6.36. The smallest absolute Gasteiger partial charge is 0.280 e. The summed E-state index contributed by atoms with van der Waals surface area (Å²) < 4.78 is 5.77. The van der Waals surface area contributed by atoms with Gasteiger partial charge in [0, 0.05) is 19.6 Å². The molecule has 0 aliphatic carbocycles. The van der Waals surface area contributed by atoms with Crippen LogP contribution in [0.25, 0.3) is 0 Å². The molecular weight excluding hydrogens is 282 g/mol. The molecule has 120 valence electrons. The molecule has 1 aromatic rings. The maximum Gasteiger partial charge on any atom is 0.280 e. The zero-order chi connectivity index (χ0) is 16.3. The van der Waals surface area contributed by atoms with E-state index in [1.54, 1.807) is 11.0 Å². The summed E-state index contributed by atoms with van der Waals surface area (Å²) >= 11 is 0. The van der Waals surface area contributed by atoms with Gasteiger partial charge in [0.2, 0.25) is 0 Å². The summed E-state index contributed by atoms with van der Waals surface area (Å²) in [5.74, 6) is -0.197. The molecule has 0 spiro atoms. The number of nitrogens with one attached hydrogen (secondary N) is 1. The minimum Gasteiger partial charge on any atom is -0.466 e. The predicted molar refractivity (Wildman–Crippen MR) is 85.1 cm³/mol. The van der Waals surface area contributed by atoms with Gasteiger partial charge >= 0.3 is 0 Å². The second-order valence-corrected chi connectivity index (χ2v) is 5.71. The summed E-state index contributed by atoms with van der Waals surface area (Å²) in [5, 5.41) is 2.78. The summed E-state index contributed by atoms with van der Waals surface area (Å²) in [6.45, 7) is 5.05. The molecule has 0 saturated carbocycles. The Bertz CT molecular complexity index is 574. The van der Waals surface area contributed by atoms with Crippen molar-refractivity contribution in [2.75, 3.05) is 38.6 Å². The van der Waals surface area contributed by atoms with Gasteiger partial charge in [-0.15, -0.1) is 0 Å². The second-order valence-electron chi connectivity index (χ2n) is 5.71. The van der Waals surface area contributed by atoms with Gasteiger partial charge < -0.3 is 19.9 Å². The fourth-order valence-electron chi connectivity index (χ4n) is 2.42. The van der Waals surface area contributed by atoms with Crippen LogP contribution in [0.5, 0.6) is 5.75 Å². The lowest BCUT2D eigenvalue weighted by atomic mass is 10.00. The first-order valence-corrected chi connectivity index (χ1v) is 7.43. The van der Waals surface area contributed by atoms with Crippen LogP contribution in [0, 0.1) is 0 Å². The Kier molecular flexibility index (Phi) is 4.71. The van der Waals surface area contributed by atoms with Crippen molar-refractivity contribution in [1.82, 2.24) is 10.2 Å². The van der Waals surface area contributed by atoms with Gasteiger partial charge in [-0.1, -0.05) is 12.1 Å². The molecule has 1 unspecified atom stereocenters. The van der Waals surface area contributed by atoms with Crippen molar-refractivity contribution in [2.45, 2.75) is 19.4 Å². The molecule has 0 bridgehead atoms. The highest BCUT2D eigenvalue weighted by Crippen LogP contribution is 2.37. The van der Waals surface area contributed by atoms with Crippen molar-refractivity contribution < 1.29 is 14.3 Å². The van der Waals surface area contributed by atoms with E-state index in [1.165, 1.54) is 6.92 Å². The molecule has 1 heterocycles. The Morgan fingerprint density at radius 3 is 2.68 bits per heavy atom. The maximum absolute atomic E-state index is 12.7. The van der Waals surface area contributed by atoms with Crippen LogP contribution in [0.4, 0.5) is 5.69 Å². The number of rotatable bonds is 5. The van der Waals surface area contributed by atoms with Crippen LogP contribution >= 0.6 is 0 Å². The van der Waals surface area contributed by atoms with Crippen LogP contribution in [0.3, 0.4) is 0 Å². The van der Waals surface area contributed by atoms with E-state index in [0.717, 1.165) is 0 Å². The van der Waals surface area contributed by atoms with E-state index in [4.69, 9.17) is 4.74 Å². The largest absolute Gasteiger partial charge is 0.466 e. The van der Waals surface area contributed by atoms with E-state index in [2.05, 4.69) is 5.32 Å². The molecule has 1 aliphatic heterocycles. The van der Waals surface area contributed by atoms with Crippen molar-refractivity contribution >= 4 is 17.5 Å². The molecule has 6 nitrogen and oxygen atoms in total. The molecule has 1 atom stereocenters. The Morgan fingerprint density at radius 2 is 2.05 bits per heavy atom. The van der Waals surface area contributed by atoms with Crippen LogP contribution in [0.15, 0.2) is 24.3 Å². The fraction of sp³-hybridized carbons (Fsp3) is 0.500. The van der Waals surface area contributed by atoms with Gasteiger partial charge in [-0.3, -0.25) is 9.59 Å². The standard InChI is InChI=1S/C16H23N3O3/c1-5-19-12-8-6-7-9-13(12)22-16(2,15(19)21)14(20)17-10-11-18(3)4/h6-9H,5,10-11H2,1-4H3,(H,17,20). The summed E-state index contributed by atoms with van der Waals surface area (Å²) in [6.07, 6.45) is 0. The van der Waals surface area contributed by atoms with Gasteiger partial charge in [0.05, 0.1) is 5.69 Å². The summed E-state index contributed by atoms with van der Waals surface area (Å²) in [6, 6.07) is 7.26. The molecule has 1 aliphatic rings. The third-order valence-electron chi connectivity index (χ3n) is 3.72. The molecule has 0 saturated heterocycles. The fourth-order valence-corrected chi connectivity index (χ4v) is 2.42. The maximum atomic E-state index is 12.7. The zero-order valence-electron chi connectivity index (χ0n) is 13.5. The highest BCUT2D eigenvalue weighted by Gasteiger charge is 2.50. The van der Waals surface area contributed by atoms with Gasteiger partial charge in [-0.2, -0.15) is 0 Å². The lowest BCUT2D eigenvalue weighted by Crippen LogP contribution is -2.62. The van der Waals surface area contributed by atoms with Gasteiger partial charge in [-0.05, 0) is 40.1 Å². The SMILES string of the molecule is CCN1C(=O)C(C)(C(=O)NCCN(C)C)Oc2ccccc21. The molecular formula is C16H23N3O3. The quantitative estimate of drug-likeness (QED) is 0.820. The first kappa shape index (κ1) is 16.3. The highest BCUT2D eigenvalue weighted by atomic mass is 16.5. The number of carbonyl (C=O) groups excluding carboxylic acids is 2. The van der Waals surface area contributed by atoms with Crippen LogP contribution in [0.2, 0.25) is 0 Å². The summed E-state index contributed by atoms with van der Waals surface area (Å²) in [7, 11) is 3.84. The number of amides is 2. The number of carbonyl (C=O) groups is 2. The van der Waals surface area contributed by atoms with Crippen LogP contribution in [-0.4, -0.2) is 56.0 Å². The summed E-state index contributed by atoms with van der Waals surface area (Å²) in [5.41, 5.74) is -0.829. The van der Waals surface area contributed by atoms with E-state index >= 15 is 0 Å². The lowest BCUT2D eigenvalue weighted by molar-refractivity contribution is -0.148. The topological polar surface area (TPSA) is 61.9 Å². The van der Waals surface area contributed by atoms with E-state index in [-0.39, 0.29) is 5.91 Å². The normalized spacial score (nSPS) is 20.6. The van der Waals surface area contributed by atoms with Crippen molar-refractivity contribution in [2.24, 2.45) is 0 Å². The van der Waals surface area contributed by atoms with Crippen LogP contribution in [0.1, 0.15) is 13.8 Å². The van der Waals surface area contributed by atoms with E-state index in [0.29, 0.717) is 31.1 Å². The minimum atomic E-state index is -1.53. The number of hydrogen-bond acceptors (Lipinski definition) is 4. The van der Waals surface area contributed by atoms with Crippen molar-refractivity contribution in [3.8, 4) is 5.75 Å². The number of nitrogens with zero attached hydrogens (tertiary/aromatic N) is 2. The van der Waals surface area contributed by atoms with Crippen molar-refractivity contribution in [1.29, 1.82) is 0 Å². The first-order valence-electron chi connectivity index (χ1n) is 7.43. The number of likely N-dealkylation sites (N-methyl/N-ethyl adjacent to an activating group) is 2. The van der Waals surface area contributed by atoms with Gasteiger partial charge in [-0.25, -0.2) is 0 Å². The number of hydrogen-bond donors (Lipinski definition) is 1. The molecule has 2 rings (SSSR count). The molecule has 0 radical (unpaired) electrons. The number of fused-ring (bicyclic) bond motifs is 1. The Labute approximate surface area is 131 Å². The Morgan fingerprint density at radius 1 is 1.36 bits per heavy atom. The highest BCUT2D eigenvalue weighted by molar-refractivity contribution is 6.16. The third kappa shape index (κ3) is 2.92. The van der Waals surface area contributed by atoms with Crippen molar-refractivity contribution in [3.05, 3.63) is 24.3 Å². The number of ether oxygens (including phenoxy) is 1. The zero-order valence-corrected chi connectivity index (χ0v) is 13.5. The molecule has 1 aromatic carbocycles. The average molecular weight is 305 g/mol. The van der Waals surface area contributed by atoms with Gasteiger partial charge in [0.25, 0.3) is 17.4 Å². The molecule has 2 amide bonds. The minimum absolute atomic E-state index is 0.337. The molecule has 22 heavy (non-hydrogen) atoms. The number of anilines is 1. The molecule has 6 heteroatoms. The molecule has 0 aromatic heterocycles.